The van der Waals surface area contributed by atoms with Gasteiger partial charge in [0.1, 0.15) is 18.1 Å². The summed E-state index contributed by atoms with van der Waals surface area (Å²) >= 11 is 0. The van der Waals surface area contributed by atoms with Crippen LogP contribution in [0.5, 0.6) is 11.5 Å². The van der Waals surface area contributed by atoms with Gasteiger partial charge in [-0.1, -0.05) is 26.3 Å². The van der Waals surface area contributed by atoms with Crippen molar-refractivity contribution in [2.45, 2.75) is 26.3 Å². The molecule has 0 heterocycles. The molecule has 0 amide bonds. The summed E-state index contributed by atoms with van der Waals surface area (Å²) in [6.45, 7) is 5.11. The van der Waals surface area contributed by atoms with E-state index in [2.05, 4.69) is 19.2 Å². The van der Waals surface area contributed by atoms with E-state index in [1.807, 2.05) is 31.3 Å². The standard InChI is InChI=1S/C14H23NO2/c1-5-11(2)14(15-3)10-17-13-8-6-7-12(9-13)16-4/h6-9,11,14-15H,5,10H2,1-4H3. The Morgan fingerprint density at radius 2 is 2.00 bits per heavy atom. The molecule has 0 aromatic heterocycles. The van der Waals surface area contributed by atoms with E-state index in [0.717, 1.165) is 17.9 Å². The van der Waals surface area contributed by atoms with Crippen molar-refractivity contribution in [2.24, 2.45) is 5.92 Å². The fraction of sp³-hybridized carbons (Fsp3) is 0.571. The van der Waals surface area contributed by atoms with Gasteiger partial charge in [-0.2, -0.15) is 0 Å². The molecule has 17 heavy (non-hydrogen) atoms. The summed E-state index contributed by atoms with van der Waals surface area (Å²) in [5, 5.41) is 3.30. The van der Waals surface area contributed by atoms with Crippen LogP contribution in [0.15, 0.2) is 24.3 Å². The largest absolute Gasteiger partial charge is 0.497 e. The van der Waals surface area contributed by atoms with E-state index >= 15 is 0 Å². The topological polar surface area (TPSA) is 30.5 Å². The van der Waals surface area contributed by atoms with Crippen LogP contribution in [0.25, 0.3) is 0 Å². The smallest absolute Gasteiger partial charge is 0.123 e. The predicted molar refractivity (Wildman–Crippen MR) is 70.8 cm³/mol. The van der Waals surface area contributed by atoms with Crippen molar-refractivity contribution in [1.29, 1.82) is 0 Å². The molecule has 1 aromatic rings. The van der Waals surface area contributed by atoms with Gasteiger partial charge in [0, 0.05) is 12.1 Å². The van der Waals surface area contributed by atoms with E-state index < -0.39 is 0 Å². The lowest BCUT2D eigenvalue weighted by Crippen LogP contribution is -2.37. The van der Waals surface area contributed by atoms with Crippen LogP contribution in [-0.4, -0.2) is 26.8 Å². The average molecular weight is 237 g/mol. The van der Waals surface area contributed by atoms with Crippen molar-refractivity contribution in [2.75, 3.05) is 20.8 Å². The molecule has 0 bridgehead atoms. The van der Waals surface area contributed by atoms with Crippen LogP contribution in [0.3, 0.4) is 0 Å². The molecular formula is C14H23NO2. The number of hydrogen-bond donors (Lipinski definition) is 1. The van der Waals surface area contributed by atoms with Gasteiger partial charge in [-0.15, -0.1) is 0 Å². The van der Waals surface area contributed by atoms with Crippen molar-refractivity contribution >= 4 is 0 Å². The van der Waals surface area contributed by atoms with Crippen molar-refractivity contribution in [1.82, 2.24) is 5.32 Å². The molecule has 0 aliphatic heterocycles. The number of rotatable bonds is 7. The van der Waals surface area contributed by atoms with Crippen molar-refractivity contribution in [3.05, 3.63) is 24.3 Å². The van der Waals surface area contributed by atoms with Gasteiger partial charge in [-0.25, -0.2) is 0 Å². The number of hydrogen-bond acceptors (Lipinski definition) is 3. The molecule has 2 unspecified atom stereocenters. The van der Waals surface area contributed by atoms with Crippen LogP contribution in [0.2, 0.25) is 0 Å². The van der Waals surface area contributed by atoms with Crippen LogP contribution in [0.1, 0.15) is 20.3 Å². The molecule has 3 heteroatoms. The Morgan fingerprint density at radius 3 is 2.59 bits per heavy atom. The third-order valence-corrected chi connectivity index (χ3v) is 3.17. The van der Waals surface area contributed by atoms with Crippen molar-refractivity contribution in [3.63, 3.8) is 0 Å². The lowest BCUT2D eigenvalue weighted by atomic mass is 10.0. The average Bonchev–Trinajstić information content (AvgIpc) is 2.39. The third-order valence-electron chi connectivity index (χ3n) is 3.17. The van der Waals surface area contributed by atoms with Gasteiger partial charge in [-0.05, 0) is 25.1 Å². The summed E-state index contributed by atoms with van der Waals surface area (Å²) in [4.78, 5) is 0. The molecule has 0 saturated heterocycles. The van der Waals surface area contributed by atoms with E-state index in [-0.39, 0.29) is 0 Å². The Balaban J connectivity index is 2.53. The fourth-order valence-corrected chi connectivity index (χ4v) is 1.69. The molecule has 0 saturated carbocycles. The van der Waals surface area contributed by atoms with Crippen molar-refractivity contribution < 1.29 is 9.47 Å². The highest BCUT2D eigenvalue weighted by Crippen LogP contribution is 2.19. The molecule has 0 radical (unpaired) electrons. The summed E-state index contributed by atoms with van der Waals surface area (Å²) in [6, 6.07) is 8.09. The van der Waals surface area contributed by atoms with E-state index in [9.17, 15) is 0 Å². The maximum atomic E-state index is 5.78. The quantitative estimate of drug-likeness (QED) is 0.791. The summed E-state index contributed by atoms with van der Waals surface area (Å²) in [5.74, 6) is 2.28. The van der Waals surface area contributed by atoms with E-state index in [1.54, 1.807) is 7.11 Å². The lowest BCUT2D eigenvalue weighted by molar-refractivity contribution is 0.227. The monoisotopic (exact) mass is 237 g/mol. The highest BCUT2D eigenvalue weighted by molar-refractivity contribution is 5.32. The minimum Gasteiger partial charge on any atom is -0.497 e. The number of likely N-dealkylation sites (N-methyl/N-ethyl adjacent to an activating group) is 1. The summed E-state index contributed by atoms with van der Waals surface area (Å²) in [5.41, 5.74) is 0. The molecular weight excluding hydrogens is 214 g/mol. The number of ether oxygens (including phenoxy) is 2. The maximum Gasteiger partial charge on any atom is 0.123 e. The second-order valence-corrected chi connectivity index (χ2v) is 4.27. The first-order chi connectivity index (χ1) is 8.21. The Kier molecular flexibility index (Phi) is 5.84. The molecule has 0 fully saturated rings. The SMILES string of the molecule is CCC(C)C(COc1cccc(OC)c1)NC. The summed E-state index contributed by atoms with van der Waals surface area (Å²) in [7, 11) is 3.64. The Hall–Kier alpha value is -1.22. The zero-order chi connectivity index (χ0) is 12.7. The normalized spacial score (nSPS) is 14.1. The predicted octanol–water partition coefficient (Wildman–Crippen LogP) is 2.71. The van der Waals surface area contributed by atoms with Gasteiger partial charge in [-0.3, -0.25) is 0 Å². The molecule has 0 spiro atoms. The van der Waals surface area contributed by atoms with Gasteiger partial charge >= 0.3 is 0 Å². The van der Waals surface area contributed by atoms with Crippen LogP contribution >= 0.6 is 0 Å². The molecule has 96 valence electrons. The second kappa shape index (κ2) is 7.17. The van der Waals surface area contributed by atoms with Crippen LogP contribution < -0.4 is 14.8 Å². The molecule has 2 atom stereocenters. The highest BCUT2D eigenvalue weighted by Gasteiger charge is 2.14. The molecule has 1 aromatic carbocycles. The summed E-state index contributed by atoms with van der Waals surface area (Å²) in [6.07, 6.45) is 1.15. The maximum absolute atomic E-state index is 5.78. The third kappa shape index (κ3) is 4.27. The minimum atomic E-state index is 0.381. The number of nitrogens with one attached hydrogen (secondary N) is 1. The van der Waals surface area contributed by atoms with Gasteiger partial charge in [0.25, 0.3) is 0 Å². The van der Waals surface area contributed by atoms with Gasteiger partial charge < -0.3 is 14.8 Å². The zero-order valence-corrected chi connectivity index (χ0v) is 11.2. The second-order valence-electron chi connectivity index (χ2n) is 4.27. The lowest BCUT2D eigenvalue weighted by Gasteiger charge is -2.22. The Labute approximate surface area is 104 Å². The minimum absolute atomic E-state index is 0.381. The van der Waals surface area contributed by atoms with E-state index in [1.165, 1.54) is 0 Å². The Morgan fingerprint density at radius 1 is 1.29 bits per heavy atom. The van der Waals surface area contributed by atoms with E-state index in [4.69, 9.17) is 9.47 Å². The number of methoxy groups -OCH3 is 1. The Bertz CT molecular complexity index is 328. The van der Waals surface area contributed by atoms with Crippen molar-refractivity contribution in [3.8, 4) is 11.5 Å². The zero-order valence-electron chi connectivity index (χ0n) is 11.2. The first-order valence-electron chi connectivity index (χ1n) is 6.15. The molecule has 0 aliphatic carbocycles. The molecule has 0 aliphatic rings. The first-order valence-corrected chi connectivity index (χ1v) is 6.15. The van der Waals surface area contributed by atoms with Crippen LogP contribution in [0, 0.1) is 5.92 Å². The first kappa shape index (κ1) is 13.8. The number of benzene rings is 1. The van der Waals surface area contributed by atoms with Crippen LogP contribution in [-0.2, 0) is 0 Å². The van der Waals surface area contributed by atoms with E-state index in [0.29, 0.717) is 18.6 Å². The molecule has 1 N–H and O–H groups in total. The van der Waals surface area contributed by atoms with Gasteiger partial charge in [0.2, 0.25) is 0 Å². The van der Waals surface area contributed by atoms with Gasteiger partial charge in [0.05, 0.1) is 7.11 Å². The summed E-state index contributed by atoms with van der Waals surface area (Å²) < 4.78 is 10.9. The molecule has 1 rings (SSSR count). The fourth-order valence-electron chi connectivity index (χ4n) is 1.69. The van der Waals surface area contributed by atoms with Crippen LogP contribution in [0.4, 0.5) is 0 Å². The van der Waals surface area contributed by atoms with Gasteiger partial charge in [0.15, 0.2) is 0 Å². The molecule has 3 nitrogen and oxygen atoms in total. The highest BCUT2D eigenvalue weighted by atomic mass is 16.5.